The summed E-state index contributed by atoms with van der Waals surface area (Å²) in [6.07, 6.45) is 9.22. The molecule has 4 rings (SSSR count). The lowest BCUT2D eigenvalue weighted by Crippen LogP contribution is -2.52. The molecule has 7 nitrogen and oxygen atoms in total. The normalized spacial score (nSPS) is 23.6. The van der Waals surface area contributed by atoms with E-state index in [1.54, 1.807) is 0 Å². The molecule has 1 aromatic rings. The molecule has 2 heterocycles. The summed E-state index contributed by atoms with van der Waals surface area (Å²) in [6.45, 7) is 3.47. The number of imide groups is 1. The van der Waals surface area contributed by atoms with Crippen LogP contribution in [0.2, 0.25) is 0 Å². The van der Waals surface area contributed by atoms with E-state index in [9.17, 15) is 14.4 Å². The number of hydrazine groups is 1. The molecule has 0 bridgehead atoms. The van der Waals surface area contributed by atoms with Crippen LogP contribution in [0.4, 0.5) is 5.69 Å². The summed E-state index contributed by atoms with van der Waals surface area (Å²) < 4.78 is 0. The average molecular weight is 441 g/mol. The maximum atomic E-state index is 13.2. The quantitative estimate of drug-likeness (QED) is 0.494. The van der Waals surface area contributed by atoms with Crippen molar-refractivity contribution in [2.24, 2.45) is 0 Å². The SMILES string of the molecule is CCCCCN(c1cccc2c1CN(N1C(=O)CCCC1=O)C2=O)C1CCC(NC)CC1. The van der Waals surface area contributed by atoms with Crippen LogP contribution in [0.15, 0.2) is 18.2 Å². The summed E-state index contributed by atoms with van der Waals surface area (Å²) in [6, 6.07) is 6.93. The molecule has 3 aliphatic rings. The predicted molar refractivity (Wildman–Crippen MR) is 124 cm³/mol. The minimum Gasteiger partial charge on any atom is -0.368 e. The number of piperidine rings is 1. The van der Waals surface area contributed by atoms with Crippen LogP contribution in [0.1, 0.15) is 87.1 Å². The number of hydrogen-bond acceptors (Lipinski definition) is 5. The van der Waals surface area contributed by atoms with Gasteiger partial charge in [-0.2, -0.15) is 5.01 Å². The van der Waals surface area contributed by atoms with Gasteiger partial charge in [0.1, 0.15) is 0 Å². The standard InChI is InChI=1S/C25H36N4O3/c1-3-4-5-16-27(19-14-12-18(26-2)13-15-19)22-9-6-8-20-21(22)17-28(25(20)32)29-23(30)10-7-11-24(29)31/h6,8-9,18-19,26H,3-5,7,10-17H2,1-2H3. The highest BCUT2D eigenvalue weighted by Crippen LogP contribution is 2.37. The molecule has 0 radical (unpaired) electrons. The number of benzene rings is 1. The van der Waals surface area contributed by atoms with E-state index in [0.29, 0.717) is 36.9 Å². The number of carbonyl (C=O) groups excluding carboxylic acids is 3. The Kier molecular flexibility index (Phi) is 7.13. The molecule has 0 aromatic heterocycles. The van der Waals surface area contributed by atoms with Crippen molar-refractivity contribution in [2.45, 2.75) is 89.8 Å². The van der Waals surface area contributed by atoms with Gasteiger partial charge in [-0.05, 0) is 57.7 Å². The van der Waals surface area contributed by atoms with Gasteiger partial charge in [-0.1, -0.05) is 25.8 Å². The van der Waals surface area contributed by atoms with Crippen molar-refractivity contribution in [3.05, 3.63) is 29.3 Å². The fourth-order valence-corrected chi connectivity index (χ4v) is 5.45. The Balaban J connectivity index is 1.62. The van der Waals surface area contributed by atoms with Crippen LogP contribution < -0.4 is 10.2 Å². The number of unbranched alkanes of at least 4 members (excludes halogenated alkanes) is 2. The van der Waals surface area contributed by atoms with Crippen molar-refractivity contribution >= 4 is 23.4 Å². The van der Waals surface area contributed by atoms with Crippen LogP contribution >= 0.6 is 0 Å². The van der Waals surface area contributed by atoms with Crippen molar-refractivity contribution in [3.8, 4) is 0 Å². The number of carbonyl (C=O) groups is 3. The third-order valence-electron chi connectivity index (χ3n) is 7.28. The molecule has 0 atom stereocenters. The molecule has 1 aromatic carbocycles. The molecule has 0 unspecified atom stereocenters. The molecule has 1 saturated carbocycles. The summed E-state index contributed by atoms with van der Waals surface area (Å²) in [4.78, 5) is 40.7. The first-order valence-corrected chi connectivity index (χ1v) is 12.3. The van der Waals surface area contributed by atoms with Gasteiger partial charge in [0.15, 0.2) is 0 Å². The summed E-state index contributed by atoms with van der Waals surface area (Å²) >= 11 is 0. The third-order valence-corrected chi connectivity index (χ3v) is 7.28. The summed E-state index contributed by atoms with van der Waals surface area (Å²) in [5, 5.41) is 5.90. The Morgan fingerprint density at radius 2 is 1.75 bits per heavy atom. The third kappa shape index (κ3) is 4.40. The maximum absolute atomic E-state index is 13.2. The van der Waals surface area contributed by atoms with E-state index in [1.807, 2.05) is 19.2 Å². The van der Waals surface area contributed by atoms with E-state index in [2.05, 4.69) is 23.2 Å². The highest BCUT2D eigenvalue weighted by atomic mass is 16.2. The molecular formula is C25H36N4O3. The largest absolute Gasteiger partial charge is 0.368 e. The zero-order valence-corrected chi connectivity index (χ0v) is 19.4. The number of amides is 3. The van der Waals surface area contributed by atoms with E-state index in [4.69, 9.17) is 0 Å². The number of fused-ring (bicyclic) bond motifs is 1. The van der Waals surface area contributed by atoms with Crippen molar-refractivity contribution < 1.29 is 14.4 Å². The lowest BCUT2D eigenvalue weighted by molar-refractivity contribution is -0.163. The number of nitrogens with one attached hydrogen (secondary N) is 1. The Labute approximate surface area is 191 Å². The van der Waals surface area contributed by atoms with E-state index < -0.39 is 0 Å². The van der Waals surface area contributed by atoms with Gasteiger partial charge in [0.05, 0.1) is 6.54 Å². The maximum Gasteiger partial charge on any atom is 0.273 e. The Morgan fingerprint density at radius 3 is 2.41 bits per heavy atom. The Morgan fingerprint density at radius 1 is 1.03 bits per heavy atom. The number of hydrogen-bond donors (Lipinski definition) is 1. The second-order valence-electron chi connectivity index (χ2n) is 9.31. The van der Waals surface area contributed by atoms with Crippen LogP contribution in [0.5, 0.6) is 0 Å². The highest BCUT2D eigenvalue weighted by Gasteiger charge is 2.41. The van der Waals surface area contributed by atoms with E-state index in [1.165, 1.54) is 17.9 Å². The second-order valence-corrected chi connectivity index (χ2v) is 9.31. The van der Waals surface area contributed by atoms with Crippen LogP contribution in [0.3, 0.4) is 0 Å². The monoisotopic (exact) mass is 440 g/mol. The lowest BCUT2D eigenvalue weighted by atomic mass is 9.89. The van der Waals surface area contributed by atoms with Crippen molar-refractivity contribution in [1.82, 2.24) is 15.3 Å². The van der Waals surface area contributed by atoms with Gasteiger partial charge in [-0.25, -0.2) is 5.01 Å². The molecule has 2 fully saturated rings. The Bertz CT molecular complexity index is 847. The van der Waals surface area contributed by atoms with Gasteiger partial charge in [-0.15, -0.1) is 0 Å². The van der Waals surface area contributed by atoms with E-state index in [0.717, 1.165) is 54.9 Å². The summed E-state index contributed by atoms with van der Waals surface area (Å²) in [5.74, 6) is -0.777. The lowest BCUT2D eigenvalue weighted by Gasteiger charge is -2.39. The first-order chi connectivity index (χ1) is 15.5. The second kappa shape index (κ2) is 10.0. The van der Waals surface area contributed by atoms with Gasteiger partial charge < -0.3 is 10.2 Å². The summed E-state index contributed by atoms with van der Waals surface area (Å²) in [5.41, 5.74) is 2.67. The van der Waals surface area contributed by atoms with Gasteiger partial charge in [0, 0.05) is 48.3 Å². The molecule has 174 valence electrons. The van der Waals surface area contributed by atoms with E-state index in [-0.39, 0.29) is 24.3 Å². The smallest absolute Gasteiger partial charge is 0.273 e. The molecule has 2 aliphatic heterocycles. The molecule has 1 N–H and O–H groups in total. The number of rotatable bonds is 8. The molecule has 1 saturated heterocycles. The van der Waals surface area contributed by atoms with Gasteiger partial charge in [0.2, 0.25) is 11.8 Å². The first kappa shape index (κ1) is 22.8. The molecule has 7 heteroatoms. The summed E-state index contributed by atoms with van der Waals surface area (Å²) in [7, 11) is 2.04. The predicted octanol–water partition coefficient (Wildman–Crippen LogP) is 3.62. The van der Waals surface area contributed by atoms with Crippen molar-refractivity contribution in [3.63, 3.8) is 0 Å². The zero-order chi connectivity index (χ0) is 22.7. The van der Waals surface area contributed by atoms with Crippen LogP contribution in [0, 0.1) is 0 Å². The Hall–Kier alpha value is -2.41. The molecule has 0 spiro atoms. The topological polar surface area (TPSA) is 73.0 Å². The first-order valence-electron chi connectivity index (χ1n) is 12.3. The minimum atomic E-state index is -0.269. The fraction of sp³-hybridized carbons (Fsp3) is 0.640. The fourth-order valence-electron chi connectivity index (χ4n) is 5.45. The van der Waals surface area contributed by atoms with Gasteiger partial charge in [0.25, 0.3) is 5.91 Å². The van der Waals surface area contributed by atoms with Gasteiger partial charge in [-0.3, -0.25) is 14.4 Å². The van der Waals surface area contributed by atoms with Crippen molar-refractivity contribution in [1.29, 1.82) is 0 Å². The molecule has 1 aliphatic carbocycles. The molecule has 3 amide bonds. The van der Waals surface area contributed by atoms with Gasteiger partial charge >= 0.3 is 0 Å². The molecular weight excluding hydrogens is 404 g/mol. The number of anilines is 1. The van der Waals surface area contributed by atoms with Crippen LogP contribution in [-0.4, -0.2) is 53.4 Å². The van der Waals surface area contributed by atoms with Crippen LogP contribution in [-0.2, 0) is 16.1 Å². The highest BCUT2D eigenvalue weighted by molar-refractivity contribution is 6.05. The zero-order valence-electron chi connectivity index (χ0n) is 19.4. The molecule has 32 heavy (non-hydrogen) atoms. The van der Waals surface area contributed by atoms with Crippen LogP contribution in [0.25, 0.3) is 0 Å². The average Bonchev–Trinajstić information content (AvgIpc) is 3.13. The number of nitrogens with zero attached hydrogens (tertiary/aromatic N) is 3. The minimum absolute atomic E-state index is 0.238. The van der Waals surface area contributed by atoms with Crippen molar-refractivity contribution in [2.75, 3.05) is 18.5 Å². The van der Waals surface area contributed by atoms with E-state index >= 15 is 0 Å².